The molecule has 100 valence electrons. The Hall–Kier alpha value is -1.40. The summed E-state index contributed by atoms with van der Waals surface area (Å²) in [6.07, 6.45) is 3.13. The van der Waals surface area contributed by atoms with Crippen molar-refractivity contribution < 1.29 is 8.42 Å². The molecule has 0 aliphatic carbocycles. The molecule has 0 saturated heterocycles. The van der Waals surface area contributed by atoms with E-state index in [-0.39, 0.29) is 0 Å². The Morgan fingerprint density at radius 2 is 1.79 bits per heavy atom. The lowest BCUT2D eigenvalue weighted by molar-refractivity contribution is 0.593. The molecule has 1 heterocycles. The summed E-state index contributed by atoms with van der Waals surface area (Å²) in [5.41, 5.74) is 1.29. The molecule has 1 aromatic carbocycles. The van der Waals surface area contributed by atoms with Crippen LogP contribution in [0.4, 0.5) is 5.69 Å². The third kappa shape index (κ3) is 2.79. The van der Waals surface area contributed by atoms with Gasteiger partial charge in [-0.2, -0.15) is 0 Å². The number of nitrogens with zero attached hydrogens (tertiary/aromatic N) is 2. The Balaban J connectivity index is 2.51. The standard InChI is InChI=1S/C13H13BrN2O2S/c1-10-3-4-11(14)9-13(10)19(17,18)16(2)12-5-7-15-8-6-12/h3-9H,1-2H3. The molecule has 2 aromatic rings. The number of pyridine rings is 1. The zero-order chi connectivity index (χ0) is 14.0. The SMILES string of the molecule is Cc1ccc(Br)cc1S(=O)(=O)N(C)c1ccncc1. The second kappa shape index (κ2) is 5.30. The number of halogens is 1. The van der Waals surface area contributed by atoms with Crippen LogP contribution in [0.3, 0.4) is 0 Å². The molecule has 0 N–H and O–H groups in total. The van der Waals surface area contributed by atoms with Crippen LogP contribution in [0.1, 0.15) is 5.56 Å². The van der Waals surface area contributed by atoms with Crippen molar-refractivity contribution >= 4 is 31.6 Å². The third-order valence-electron chi connectivity index (χ3n) is 2.81. The quantitative estimate of drug-likeness (QED) is 0.862. The van der Waals surface area contributed by atoms with Crippen molar-refractivity contribution in [2.24, 2.45) is 0 Å². The van der Waals surface area contributed by atoms with Gasteiger partial charge in [0, 0.05) is 23.9 Å². The van der Waals surface area contributed by atoms with Gasteiger partial charge in [-0.05, 0) is 36.8 Å². The summed E-state index contributed by atoms with van der Waals surface area (Å²) < 4.78 is 27.2. The molecule has 0 aliphatic heterocycles. The van der Waals surface area contributed by atoms with Crippen molar-refractivity contribution in [2.75, 3.05) is 11.4 Å². The first-order valence-corrected chi connectivity index (χ1v) is 7.81. The van der Waals surface area contributed by atoms with Gasteiger partial charge in [0.05, 0.1) is 10.6 Å². The fraction of sp³-hybridized carbons (Fsp3) is 0.154. The zero-order valence-corrected chi connectivity index (χ0v) is 12.9. The van der Waals surface area contributed by atoms with Gasteiger partial charge in [0.25, 0.3) is 10.0 Å². The van der Waals surface area contributed by atoms with E-state index in [0.29, 0.717) is 16.1 Å². The van der Waals surface area contributed by atoms with E-state index < -0.39 is 10.0 Å². The summed E-state index contributed by atoms with van der Waals surface area (Å²) in [4.78, 5) is 4.18. The van der Waals surface area contributed by atoms with Crippen LogP contribution in [-0.2, 0) is 10.0 Å². The van der Waals surface area contributed by atoms with E-state index in [1.54, 1.807) is 43.6 Å². The Labute approximate surface area is 121 Å². The largest absolute Gasteiger partial charge is 0.269 e. The molecular weight excluding hydrogens is 328 g/mol. The first-order valence-electron chi connectivity index (χ1n) is 5.58. The summed E-state index contributed by atoms with van der Waals surface area (Å²) in [6.45, 7) is 1.78. The summed E-state index contributed by atoms with van der Waals surface area (Å²) in [5, 5.41) is 0. The van der Waals surface area contributed by atoms with E-state index in [0.717, 1.165) is 4.47 Å². The van der Waals surface area contributed by atoms with Crippen LogP contribution in [0, 0.1) is 6.92 Å². The number of rotatable bonds is 3. The topological polar surface area (TPSA) is 50.3 Å². The van der Waals surface area contributed by atoms with E-state index >= 15 is 0 Å². The molecule has 0 amide bonds. The number of hydrogen-bond acceptors (Lipinski definition) is 3. The molecule has 19 heavy (non-hydrogen) atoms. The van der Waals surface area contributed by atoms with Crippen LogP contribution in [-0.4, -0.2) is 20.4 Å². The minimum Gasteiger partial charge on any atom is -0.269 e. The molecule has 0 atom stereocenters. The Bertz CT molecular complexity index is 687. The van der Waals surface area contributed by atoms with Crippen molar-refractivity contribution in [3.8, 4) is 0 Å². The van der Waals surface area contributed by atoms with Gasteiger partial charge in [0.15, 0.2) is 0 Å². The second-order valence-electron chi connectivity index (χ2n) is 4.09. The molecular formula is C13H13BrN2O2S. The van der Waals surface area contributed by atoms with Crippen LogP contribution in [0.5, 0.6) is 0 Å². The lowest BCUT2D eigenvalue weighted by Crippen LogP contribution is -2.27. The number of anilines is 1. The van der Waals surface area contributed by atoms with Gasteiger partial charge in [-0.15, -0.1) is 0 Å². The van der Waals surface area contributed by atoms with Crippen molar-refractivity contribution in [1.29, 1.82) is 0 Å². The molecule has 0 radical (unpaired) electrons. The molecule has 6 heteroatoms. The van der Waals surface area contributed by atoms with Crippen LogP contribution < -0.4 is 4.31 Å². The van der Waals surface area contributed by atoms with Gasteiger partial charge < -0.3 is 0 Å². The molecule has 0 spiro atoms. The number of hydrogen-bond donors (Lipinski definition) is 0. The summed E-state index contributed by atoms with van der Waals surface area (Å²) >= 11 is 3.30. The Kier molecular flexibility index (Phi) is 3.91. The van der Waals surface area contributed by atoms with Gasteiger partial charge in [0.2, 0.25) is 0 Å². The maximum atomic E-state index is 12.6. The Morgan fingerprint density at radius 1 is 1.16 bits per heavy atom. The predicted molar refractivity (Wildman–Crippen MR) is 78.7 cm³/mol. The highest BCUT2D eigenvalue weighted by Gasteiger charge is 2.23. The highest BCUT2D eigenvalue weighted by atomic mass is 79.9. The third-order valence-corrected chi connectivity index (χ3v) is 5.24. The second-order valence-corrected chi connectivity index (χ2v) is 6.94. The summed E-state index contributed by atoms with van der Waals surface area (Å²) in [6, 6.07) is 8.52. The van der Waals surface area contributed by atoms with Crippen molar-refractivity contribution in [3.05, 3.63) is 52.8 Å². The van der Waals surface area contributed by atoms with Crippen LogP contribution >= 0.6 is 15.9 Å². The lowest BCUT2D eigenvalue weighted by atomic mass is 10.2. The monoisotopic (exact) mass is 340 g/mol. The fourth-order valence-corrected chi connectivity index (χ4v) is 3.65. The normalized spacial score (nSPS) is 11.3. The predicted octanol–water partition coefficient (Wildman–Crippen LogP) is 2.98. The minimum atomic E-state index is -3.57. The average Bonchev–Trinajstić information content (AvgIpc) is 2.41. The van der Waals surface area contributed by atoms with Gasteiger partial charge >= 0.3 is 0 Å². The lowest BCUT2D eigenvalue weighted by Gasteiger charge is -2.20. The Morgan fingerprint density at radius 3 is 2.42 bits per heavy atom. The molecule has 0 unspecified atom stereocenters. The molecule has 0 fully saturated rings. The number of benzene rings is 1. The molecule has 0 saturated carbocycles. The molecule has 4 nitrogen and oxygen atoms in total. The summed E-state index contributed by atoms with van der Waals surface area (Å²) in [5.74, 6) is 0. The number of aromatic nitrogens is 1. The average molecular weight is 341 g/mol. The molecule has 2 rings (SSSR count). The smallest absolute Gasteiger partial charge is 0.264 e. The zero-order valence-electron chi connectivity index (χ0n) is 10.5. The van der Waals surface area contributed by atoms with E-state index in [1.807, 2.05) is 6.07 Å². The number of aryl methyl sites for hydroxylation is 1. The van der Waals surface area contributed by atoms with Crippen LogP contribution in [0.15, 0.2) is 52.1 Å². The van der Waals surface area contributed by atoms with Crippen LogP contribution in [0.2, 0.25) is 0 Å². The van der Waals surface area contributed by atoms with Crippen molar-refractivity contribution in [2.45, 2.75) is 11.8 Å². The molecule has 0 bridgehead atoms. The van der Waals surface area contributed by atoms with E-state index in [4.69, 9.17) is 0 Å². The van der Waals surface area contributed by atoms with Crippen molar-refractivity contribution in [3.63, 3.8) is 0 Å². The van der Waals surface area contributed by atoms with Gasteiger partial charge in [-0.3, -0.25) is 9.29 Å². The van der Waals surface area contributed by atoms with E-state index in [2.05, 4.69) is 20.9 Å². The maximum Gasteiger partial charge on any atom is 0.264 e. The maximum absolute atomic E-state index is 12.6. The minimum absolute atomic E-state index is 0.293. The highest BCUT2D eigenvalue weighted by Crippen LogP contribution is 2.26. The molecule has 0 aliphatic rings. The first kappa shape index (κ1) is 14.0. The first-order chi connectivity index (χ1) is 8.93. The molecule has 1 aromatic heterocycles. The van der Waals surface area contributed by atoms with E-state index in [1.165, 1.54) is 11.4 Å². The van der Waals surface area contributed by atoms with Gasteiger partial charge in [0.1, 0.15) is 0 Å². The van der Waals surface area contributed by atoms with Crippen LogP contribution in [0.25, 0.3) is 0 Å². The van der Waals surface area contributed by atoms with Gasteiger partial charge in [-0.1, -0.05) is 22.0 Å². The summed E-state index contributed by atoms with van der Waals surface area (Å²) in [7, 11) is -2.04. The fourth-order valence-electron chi connectivity index (χ4n) is 1.69. The van der Waals surface area contributed by atoms with Gasteiger partial charge in [-0.25, -0.2) is 8.42 Å². The number of sulfonamides is 1. The van der Waals surface area contributed by atoms with Crippen molar-refractivity contribution in [1.82, 2.24) is 4.98 Å². The van der Waals surface area contributed by atoms with E-state index in [9.17, 15) is 8.42 Å². The highest BCUT2D eigenvalue weighted by molar-refractivity contribution is 9.10.